The SMILES string of the molecule is O=C(O)c1cccn(NCc2cccnc2)c1=O. The predicted octanol–water partition coefficient (Wildman–Crippen LogP) is 0.685. The van der Waals surface area contributed by atoms with E-state index in [1.54, 1.807) is 18.5 Å². The molecule has 0 bridgehead atoms. The molecule has 0 aromatic carbocycles. The lowest BCUT2D eigenvalue weighted by molar-refractivity contribution is 0.0694. The number of hydrogen-bond donors (Lipinski definition) is 2. The fourth-order valence-electron chi connectivity index (χ4n) is 1.46. The molecule has 0 amide bonds. The van der Waals surface area contributed by atoms with E-state index in [0.29, 0.717) is 6.54 Å². The third-order valence-corrected chi connectivity index (χ3v) is 2.35. The summed E-state index contributed by atoms with van der Waals surface area (Å²) in [7, 11) is 0. The summed E-state index contributed by atoms with van der Waals surface area (Å²) in [6.45, 7) is 0.386. The van der Waals surface area contributed by atoms with Crippen molar-refractivity contribution in [2.24, 2.45) is 0 Å². The van der Waals surface area contributed by atoms with E-state index in [9.17, 15) is 9.59 Å². The molecule has 0 aliphatic rings. The van der Waals surface area contributed by atoms with Crippen molar-refractivity contribution in [2.75, 3.05) is 5.43 Å². The highest BCUT2D eigenvalue weighted by molar-refractivity contribution is 5.86. The van der Waals surface area contributed by atoms with Crippen molar-refractivity contribution in [3.63, 3.8) is 0 Å². The average Bonchev–Trinajstić information content (AvgIpc) is 2.38. The quantitative estimate of drug-likeness (QED) is 0.827. The van der Waals surface area contributed by atoms with Crippen molar-refractivity contribution in [2.45, 2.75) is 6.54 Å². The number of carbonyl (C=O) groups is 1. The number of nitrogens with zero attached hydrogens (tertiary/aromatic N) is 2. The Balaban J connectivity index is 2.18. The molecule has 0 fully saturated rings. The van der Waals surface area contributed by atoms with Gasteiger partial charge in [-0.1, -0.05) is 6.07 Å². The number of carboxylic acids is 1. The fraction of sp³-hybridized carbons (Fsp3) is 0.0833. The number of rotatable bonds is 4. The molecule has 0 spiro atoms. The number of pyridine rings is 2. The fourth-order valence-corrected chi connectivity index (χ4v) is 1.46. The molecular formula is C12H11N3O3. The highest BCUT2D eigenvalue weighted by Crippen LogP contribution is 1.96. The van der Waals surface area contributed by atoms with Crippen molar-refractivity contribution in [3.8, 4) is 0 Å². The Morgan fingerprint density at radius 1 is 1.39 bits per heavy atom. The summed E-state index contributed by atoms with van der Waals surface area (Å²) in [5.41, 5.74) is 2.86. The van der Waals surface area contributed by atoms with E-state index in [2.05, 4.69) is 10.4 Å². The largest absolute Gasteiger partial charge is 0.477 e. The summed E-state index contributed by atoms with van der Waals surface area (Å²) in [4.78, 5) is 26.5. The zero-order chi connectivity index (χ0) is 13.0. The molecule has 0 aliphatic heterocycles. The Labute approximate surface area is 103 Å². The van der Waals surface area contributed by atoms with Gasteiger partial charge in [-0.15, -0.1) is 0 Å². The minimum absolute atomic E-state index is 0.267. The molecule has 2 heterocycles. The second kappa shape index (κ2) is 5.13. The highest BCUT2D eigenvalue weighted by atomic mass is 16.4. The Bertz CT molecular complexity index is 607. The lowest BCUT2D eigenvalue weighted by Gasteiger charge is -2.09. The van der Waals surface area contributed by atoms with Crippen LogP contribution < -0.4 is 11.0 Å². The molecule has 2 N–H and O–H groups in total. The number of aromatic nitrogens is 2. The van der Waals surface area contributed by atoms with Crippen LogP contribution in [0, 0.1) is 0 Å². The Hall–Kier alpha value is -2.63. The average molecular weight is 245 g/mol. The van der Waals surface area contributed by atoms with Crippen molar-refractivity contribution in [1.82, 2.24) is 9.66 Å². The van der Waals surface area contributed by atoms with Gasteiger partial charge in [-0.3, -0.25) is 9.78 Å². The van der Waals surface area contributed by atoms with Crippen LogP contribution in [0.4, 0.5) is 0 Å². The topological polar surface area (TPSA) is 84.2 Å². The van der Waals surface area contributed by atoms with Crippen LogP contribution in [-0.4, -0.2) is 20.7 Å². The van der Waals surface area contributed by atoms with Gasteiger partial charge in [0.25, 0.3) is 5.56 Å². The second-order valence-electron chi connectivity index (χ2n) is 3.60. The molecule has 6 nitrogen and oxygen atoms in total. The van der Waals surface area contributed by atoms with E-state index in [1.807, 2.05) is 6.07 Å². The van der Waals surface area contributed by atoms with Crippen molar-refractivity contribution >= 4 is 5.97 Å². The Morgan fingerprint density at radius 2 is 2.22 bits per heavy atom. The van der Waals surface area contributed by atoms with Gasteiger partial charge in [0.1, 0.15) is 5.56 Å². The van der Waals surface area contributed by atoms with Crippen LogP contribution in [0.25, 0.3) is 0 Å². The summed E-state index contributed by atoms with van der Waals surface area (Å²) in [6, 6.07) is 6.41. The normalized spacial score (nSPS) is 10.0. The lowest BCUT2D eigenvalue weighted by Crippen LogP contribution is -2.31. The number of carboxylic acid groups (broad SMARTS) is 1. The number of aromatic carboxylic acids is 1. The lowest BCUT2D eigenvalue weighted by atomic mass is 10.3. The van der Waals surface area contributed by atoms with Gasteiger partial charge in [0.05, 0.1) is 6.54 Å². The van der Waals surface area contributed by atoms with Crippen LogP contribution in [0.5, 0.6) is 0 Å². The summed E-state index contributed by atoms with van der Waals surface area (Å²) in [5, 5.41) is 8.82. The van der Waals surface area contributed by atoms with Crippen LogP contribution in [0.2, 0.25) is 0 Å². The standard InChI is InChI=1S/C12H11N3O3/c16-11-10(12(17)18)4-2-6-15(11)14-8-9-3-1-5-13-7-9/h1-7,14H,8H2,(H,17,18). The molecule has 0 saturated heterocycles. The first-order chi connectivity index (χ1) is 8.68. The molecule has 2 aromatic rings. The molecule has 92 valence electrons. The minimum Gasteiger partial charge on any atom is -0.477 e. The van der Waals surface area contributed by atoms with E-state index in [-0.39, 0.29) is 5.56 Å². The summed E-state index contributed by atoms with van der Waals surface area (Å²) >= 11 is 0. The van der Waals surface area contributed by atoms with Crippen LogP contribution >= 0.6 is 0 Å². The van der Waals surface area contributed by atoms with Gasteiger partial charge in [0, 0.05) is 18.6 Å². The highest BCUT2D eigenvalue weighted by Gasteiger charge is 2.09. The van der Waals surface area contributed by atoms with Crippen molar-refractivity contribution in [3.05, 3.63) is 64.3 Å². The maximum Gasteiger partial charge on any atom is 0.341 e. The van der Waals surface area contributed by atoms with Crippen molar-refractivity contribution < 1.29 is 9.90 Å². The number of nitrogens with one attached hydrogen (secondary N) is 1. The zero-order valence-corrected chi connectivity index (χ0v) is 9.41. The first kappa shape index (κ1) is 11.8. The van der Waals surface area contributed by atoms with Crippen LogP contribution in [0.15, 0.2) is 47.7 Å². The van der Waals surface area contributed by atoms with Crippen LogP contribution in [0.1, 0.15) is 15.9 Å². The molecular weight excluding hydrogens is 234 g/mol. The summed E-state index contributed by atoms with van der Waals surface area (Å²) in [5.74, 6) is -1.24. The van der Waals surface area contributed by atoms with Gasteiger partial charge in [-0.2, -0.15) is 0 Å². The first-order valence-electron chi connectivity index (χ1n) is 5.26. The van der Waals surface area contributed by atoms with Gasteiger partial charge >= 0.3 is 5.97 Å². The van der Waals surface area contributed by atoms with E-state index < -0.39 is 11.5 Å². The van der Waals surface area contributed by atoms with Gasteiger partial charge in [-0.25, -0.2) is 9.47 Å². The molecule has 0 aliphatic carbocycles. The van der Waals surface area contributed by atoms with Crippen molar-refractivity contribution in [1.29, 1.82) is 0 Å². The first-order valence-corrected chi connectivity index (χ1v) is 5.26. The van der Waals surface area contributed by atoms with Crippen LogP contribution in [0.3, 0.4) is 0 Å². The molecule has 2 rings (SSSR count). The molecule has 0 unspecified atom stereocenters. The summed E-state index contributed by atoms with van der Waals surface area (Å²) in [6.07, 6.45) is 4.80. The van der Waals surface area contributed by atoms with Gasteiger partial charge in [0.2, 0.25) is 0 Å². The third kappa shape index (κ3) is 2.54. The molecule has 6 heteroatoms. The van der Waals surface area contributed by atoms with E-state index >= 15 is 0 Å². The second-order valence-corrected chi connectivity index (χ2v) is 3.60. The summed E-state index contributed by atoms with van der Waals surface area (Å²) < 4.78 is 1.15. The van der Waals surface area contributed by atoms with Gasteiger partial charge < -0.3 is 10.5 Å². The Morgan fingerprint density at radius 3 is 2.89 bits per heavy atom. The zero-order valence-electron chi connectivity index (χ0n) is 9.41. The monoisotopic (exact) mass is 245 g/mol. The third-order valence-electron chi connectivity index (χ3n) is 2.35. The van der Waals surface area contributed by atoms with Gasteiger partial charge in [-0.05, 0) is 23.8 Å². The maximum atomic E-state index is 11.7. The maximum absolute atomic E-state index is 11.7. The molecule has 2 aromatic heterocycles. The molecule has 18 heavy (non-hydrogen) atoms. The van der Waals surface area contributed by atoms with Crippen LogP contribution in [-0.2, 0) is 6.54 Å². The molecule has 0 saturated carbocycles. The molecule has 0 atom stereocenters. The van der Waals surface area contributed by atoms with E-state index in [1.165, 1.54) is 18.3 Å². The van der Waals surface area contributed by atoms with E-state index in [4.69, 9.17) is 5.11 Å². The smallest absolute Gasteiger partial charge is 0.341 e. The van der Waals surface area contributed by atoms with Gasteiger partial charge in [0.15, 0.2) is 0 Å². The van der Waals surface area contributed by atoms with E-state index in [0.717, 1.165) is 10.2 Å². The Kier molecular flexibility index (Phi) is 3.38. The number of hydrogen-bond acceptors (Lipinski definition) is 4. The minimum atomic E-state index is -1.24. The molecule has 0 radical (unpaired) electrons. The predicted molar refractivity (Wildman–Crippen MR) is 65.0 cm³/mol.